The van der Waals surface area contributed by atoms with Gasteiger partial charge in [-0.1, -0.05) is 15.9 Å². The first-order chi connectivity index (χ1) is 9.38. The molecule has 2 rings (SSSR count). The second-order valence-corrected chi connectivity index (χ2v) is 6.41. The monoisotopic (exact) mass is 341 g/mol. The minimum absolute atomic E-state index is 0.0237. The Labute approximate surface area is 127 Å². The first kappa shape index (κ1) is 15.3. The van der Waals surface area contributed by atoms with E-state index in [1.807, 2.05) is 19.0 Å². The van der Waals surface area contributed by atoms with Crippen LogP contribution in [0.3, 0.4) is 0 Å². The van der Waals surface area contributed by atoms with Crippen molar-refractivity contribution >= 4 is 27.5 Å². The maximum atomic E-state index is 12.6. The van der Waals surface area contributed by atoms with E-state index >= 15 is 0 Å². The summed E-state index contributed by atoms with van der Waals surface area (Å²) in [4.78, 5) is 16.4. The Morgan fingerprint density at radius 1 is 1.55 bits per heavy atom. The number of nitrogens with two attached hydrogens (primary N) is 1. The minimum atomic E-state index is -0.458. The van der Waals surface area contributed by atoms with Crippen LogP contribution >= 0.6 is 15.9 Å². The Kier molecular flexibility index (Phi) is 4.67. The van der Waals surface area contributed by atoms with Crippen molar-refractivity contribution in [3.63, 3.8) is 0 Å². The van der Waals surface area contributed by atoms with Gasteiger partial charge in [0.25, 0.3) is 5.91 Å². The molecule has 1 saturated heterocycles. The van der Waals surface area contributed by atoms with Gasteiger partial charge in [-0.3, -0.25) is 4.79 Å². The molecule has 1 heterocycles. The fourth-order valence-corrected chi connectivity index (χ4v) is 3.00. The summed E-state index contributed by atoms with van der Waals surface area (Å²) in [7, 11) is 3.92. The Hall–Kier alpha value is -1.11. The van der Waals surface area contributed by atoms with Gasteiger partial charge in [0.1, 0.15) is 0 Å². The van der Waals surface area contributed by atoms with E-state index in [1.165, 1.54) is 0 Å². The number of amides is 1. The van der Waals surface area contributed by atoms with Crippen molar-refractivity contribution in [1.82, 2.24) is 9.80 Å². The lowest BCUT2D eigenvalue weighted by Crippen LogP contribution is -2.41. The third kappa shape index (κ3) is 3.31. The predicted octanol–water partition coefficient (Wildman–Crippen LogP) is 1.17. The summed E-state index contributed by atoms with van der Waals surface area (Å²) in [6, 6.07) is 5.27. The van der Waals surface area contributed by atoms with Gasteiger partial charge in [-0.25, -0.2) is 0 Å². The fraction of sp³-hybridized carbons (Fsp3) is 0.500. The average Bonchev–Trinajstić information content (AvgIpc) is 2.68. The van der Waals surface area contributed by atoms with Crippen LogP contribution in [-0.2, 0) is 0 Å². The van der Waals surface area contributed by atoms with Gasteiger partial charge >= 0.3 is 0 Å². The van der Waals surface area contributed by atoms with E-state index in [9.17, 15) is 9.90 Å². The molecule has 1 amide bonds. The molecule has 1 aromatic carbocycles. The van der Waals surface area contributed by atoms with E-state index < -0.39 is 6.10 Å². The minimum Gasteiger partial charge on any atom is -0.398 e. The molecule has 5 nitrogen and oxygen atoms in total. The maximum absolute atomic E-state index is 12.6. The normalized spacial score (nSPS) is 22.6. The van der Waals surface area contributed by atoms with E-state index in [0.717, 1.165) is 11.0 Å². The highest BCUT2D eigenvalue weighted by Gasteiger charge is 2.35. The molecule has 0 aliphatic carbocycles. The molecule has 0 saturated carbocycles. The van der Waals surface area contributed by atoms with Gasteiger partial charge in [0.2, 0.25) is 0 Å². The number of halogens is 1. The first-order valence-electron chi connectivity index (χ1n) is 6.57. The summed E-state index contributed by atoms with van der Waals surface area (Å²) in [5.74, 6) is -0.113. The van der Waals surface area contributed by atoms with Gasteiger partial charge in [-0.15, -0.1) is 0 Å². The molecule has 2 unspecified atom stereocenters. The molecule has 20 heavy (non-hydrogen) atoms. The number of hydrogen-bond donors (Lipinski definition) is 2. The van der Waals surface area contributed by atoms with Crippen LogP contribution in [-0.4, -0.2) is 60.1 Å². The number of carbonyl (C=O) groups is 1. The zero-order valence-corrected chi connectivity index (χ0v) is 13.3. The predicted molar refractivity (Wildman–Crippen MR) is 82.6 cm³/mol. The number of rotatable bonds is 3. The van der Waals surface area contributed by atoms with E-state index in [1.54, 1.807) is 23.1 Å². The molecule has 1 aliphatic rings. The van der Waals surface area contributed by atoms with Crippen LogP contribution in [0.15, 0.2) is 22.7 Å². The molecule has 0 radical (unpaired) electrons. The van der Waals surface area contributed by atoms with Crippen LogP contribution in [0.2, 0.25) is 0 Å². The lowest BCUT2D eigenvalue weighted by Gasteiger charge is -2.27. The number of aliphatic hydroxyl groups is 1. The highest BCUT2D eigenvalue weighted by atomic mass is 79.9. The van der Waals surface area contributed by atoms with Gasteiger partial charge in [0.15, 0.2) is 0 Å². The van der Waals surface area contributed by atoms with E-state index in [2.05, 4.69) is 15.9 Å². The molecule has 3 N–H and O–H groups in total. The zero-order chi connectivity index (χ0) is 14.9. The number of nitrogen functional groups attached to an aromatic ring is 1. The molecule has 1 fully saturated rings. The number of β-amino-alcohol motifs (C(OH)–C–C–N with tert-alkyl or cyclic N) is 1. The van der Waals surface area contributed by atoms with Gasteiger partial charge in [-0.2, -0.15) is 0 Å². The highest BCUT2D eigenvalue weighted by Crippen LogP contribution is 2.25. The molecular weight excluding hydrogens is 322 g/mol. The van der Waals surface area contributed by atoms with Gasteiger partial charge < -0.3 is 20.6 Å². The van der Waals surface area contributed by atoms with E-state index in [-0.39, 0.29) is 11.9 Å². The third-order valence-electron chi connectivity index (χ3n) is 3.47. The van der Waals surface area contributed by atoms with Crippen molar-refractivity contribution in [3.05, 3.63) is 28.2 Å². The van der Waals surface area contributed by atoms with Crippen LogP contribution in [0.1, 0.15) is 16.8 Å². The molecule has 1 aliphatic heterocycles. The second kappa shape index (κ2) is 6.11. The molecule has 110 valence electrons. The van der Waals surface area contributed by atoms with Crippen LogP contribution in [0.5, 0.6) is 0 Å². The summed E-state index contributed by atoms with van der Waals surface area (Å²) in [6.45, 7) is 1.10. The second-order valence-electron chi connectivity index (χ2n) is 5.49. The smallest absolute Gasteiger partial charge is 0.256 e. The summed E-state index contributed by atoms with van der Waals surface area (Å²) in [6.07, 6.45) is 0.154. The molecule has 0 spiro atoms. The van der Waals surface area contributed by atoms with E-state index in [0.29, 0.717) is 24.2 Å². The highest BCUT2D eigenvalue weighted by molar-refractivity contribution is 9.10. The van der Waals surface area contributed by atoms with Crippen LogP contribution < -0.4 is 5.73 Å². The third-order valence-corrected chi connectivity index (χ3v) is 3.97. The number of likely N-dealkylation sites (tertiary alicyclic amines) is 1. The number of benzene rings is 1. The van der Waals surface area contributed by atoms with Crippen LogP contribution in [0.4, 0.5) is 5.69 Å². The number of carbonyl (C=O) groups excluding carboxylic acids is 1. The Bertz CT molecular complexity index is 507. The van der Waals surface area contributed by atoms with Crippen molar-refractivity contribution in [2.75, 3.05) is 32.9 Å². The van der Waals surface area contributed by atoms with Gasteiger partial charge in [-0.05, 0) is 38.7 Å². The van der Waals surface area contributed by atoms with Crippen molar-refractivity contribution in [2.24, 2.45) is 0 Å². The number of nitrogens with zero attached hydrogens (tertiary/aromatic N) is 2. The van der Waals surface area contributed by atoms with Crippen molar-refractivity contribution in [2.45, 2.75) is 18.6 Å². The zero-order valence-electron chi connectivity index (χ0n) is 11.7. The van der Waals surface area contributed by atoms with Crippen molar-refractivity contribution in [3.8, 4) is 0 Å². The fourth-order valence-electron chi connectivity index (χ4n) is 2.62. The summed E-state index contributed by atoms with van der Waals surface area (Å²) in [5.41, 5.74) is 6.87. The molecule has 0 aromatic heterocycles. The van der Waals surface area contributed by atoms with E-state index in [4.69, 9.17) is 5.73 Å². The molecule has 2 atom stereocenters. The SMILES string of the molecule is CN(C)CC1CC(O)CN1C(=O)c1ccc(Br)cc1N. The molecular formula is C14H20BrN3O2. The van der Waals surface area contributed by atoms with Crippen molar-refractivity contribution < 1.29 is 9.90 Å². The lowest BCUT2D eigenvalue weighted by atomic mass is 10.1. The lowest BCUT2D eigenvalue weighted by molar-refractivity contribution is 0.0700. The van der Waals surface area contributed by atoms with Crippen LogP contribution in [0, 0.1) is 0 Å². The van der Waals surface area contributed by atoms with Crippen molar-refractivity contribution in [1.29, 1.82) is 0 Å². The molecule has 0 bridgehead atoms. The Balaban J connectivity index is 2.22. The number of aliphatic hydroxyl groups excluding tert-OH is 1. The largest absolute Gasteiger partial charge is 0.398 e. The quantitative estimate of drug-likeness (QED) is 0.809. The molecule has 1 aromatic rings. The Morgan fingerprint density at radius 2 is 2.25 bits per heavy atom. The summed E-state index contributed by atoms with van der Waals surface area (Å²) in [5, 5.41) is 9.84. The summed E-state index contributed by atoms with van der Waals surface area (Å²) < 4.78 is 0.845. The number of anilines is 1. The topological polar surface area (TPSA) is 69.8 Å². The number of likely N-dealkylation sites (N-methyl/N-ethyl adjacent to an activating group) is 1. The number of hydrogen-bond acceptors (Lipinski definition) is 4. The summed E-state index contributed by atoms with van der Waals surface area (Å²) >= 11 is 3.33. The first-order valence-corrected chi connectivity index (χ1v) is 7.36. The maximum Gasteiger partial charge on any atom is 0.256 e. The van der Waals surface area contributed by atoms with Crippen LogP contribution in [0.25, 0.3) is 0 Å². The van der Waals surface area contributed by atoms with Gasteiger partial charge in [0, 0.05) is 29.3 Å². The Morgan fingerprint density at radius 3 is 2.85 bits per heavy atom. The van der Waals surface area contributed by atoms with Gasteiger partial charge in [0.05, 0.1) is 11.7 Å². The average molecular weight is 342 g/mol. The molecule has 6 heteroatoms. The standard InChI is InChI=1S/C14H20BrN3O2/c1-17(2)7-10-6-11(19)8-18(10)14(20)12-4-3-9(15)5-13(12)16/h3-5,10-11,19H,6-8,16H2,1-2H3.